The molecule has 1 N–H and O–H groups in total. The van der Waals surface area contributed by atoms with Gasteiger partial charge in [0, 0.05) is 4.47 Å². The highest BCUT2D eigenvalue weighted by molar-refractivity contribution is 9.10. The lowest BCUT2D eigenvalue weighted by molar-refractivity contribution is 0.177. The highest BCUT2D eigenvalue weighted by Crippen LogP contribution is 2.23. The molecule has 0 radical (unpaired) electrons. The Bertz CT molecular complexity index is 262. The SMILES string of the molecule is CC(Cl)C(O)c1cccc(Br)c1. The van der Waals surface area contributed by atoms with Crippen molar-refractivity contribution in [3.05, 3.63) is 34.3 Å². The van der Waals surface area contributed by atoms with Crippen molar-refractivity contribution >= 4 is 27.5 Å². The molecule has 0 aliphatic carbocycles. The lowest BCUT2D eigenvalue weighted by Gasteiger charge is -2.12. The summed E-state index contributed by atoms with van der Waals surface area (Å²) in [5.41, 5.74) is 0.840. The Morgan fingerprint density at radius 1 is 1.50 bits per heavy atom. The van der Waals surface area contributed by atoms with Crippen molar-refractivity contribution in [3.63, 3.8) is 0 Å². The van der Waals surface area contributed by atoms with E-state index >= 15 is 0 Å². The third kappa shape index (κ3) is 2.47. The Morgan fingerprint density at radius 3 is 2.67 bits per heavy atom. The van der Waals surface area contributed by atoms with Crippen molar-refractivity contribution in [2.24, 2.45) is 0 Å². The summed E-state index contributed by atoms with van der Waals surface area (Å²) >= 11 is 9.08. The van der Waals surface area contributed by atoms with Crippen LogP contribution < -0.4 is 0 Å². The van der Waals surface area contributed by atoms with Gasteiger partial charge in [0.25, 0.3) is 0 Å². The maximum Gasteiger partial charge on any atom is 0.0951 e. The number of alkyl halides is 1. The molecule has 0 saturated heterocycles. The molecule has 1 aromatic carbocycles. The molecule has 1 rings (SSSR count). The molecule has 3 heteroatoms. The Hall–Kier alpha value is -0.0500. The van der Waals surface area contributed by atoms with Crippen LogP contribution in [0, 0.1) is 0 Å². The van der Waals surface area contributed by atoms with E-state index in [0.29, 0.717) is 0 Å². The molecule has 0 aliphatic rings. The number of benzene rings is 1. The Kier molecular flexibility index (Phi) is 3.56. The van der Waals surface area contributed by atoms with Crippen LogP contribution in [0.3, 0.4) is 0 Å². The van der Waals surface area contributed by atoms with Gasteiger partial charge in [0.2, 0.25) is 0 Å². The summed E-state index contributed by atoms with van der Waals surface area (Å²) < 4.78 is 0.955. The minimum atomic E-state index is -0.593. The largest absolute Gasteiger partial charge is 0.387 e. The van der Waals surface area contributed by atoms with Gasteiger partial charge >= 0.3 is 0 Å². The van der Waals surface area contributed by atoms with E-state index in [2.05, 4.69) is 15.9 Å². The summed E-state index contributed by atoms with van der Waals surface area (Å²) in [6.07, 6.45) is -0.593. The molecule has 0 bridgehead atoms. The molecule has 12 heavy (non-hydrogen) atoms. The smallest absolute Gasteiger partial charge is 0.0951 e. The lowest BCUT2D eigenvalue weighted by Crippen LogP contribution is -2.07. The number of rotatable bonds is 2. The zero-order valence-electron chi connectivity index (χ0n) is 6.67. The van der Waals surface area contributed by atoms with Gasteiger partial charge in [0.15, 0.2) is 0 Å². The Balaban J connectivity index is 2.88. The minimum Gasteiger partial charge on any atom is -0.387 e. The van der Waals surface area contributed by atoms with Gasteiger partial charge in [0.05, 0.1) is 11.5 Å². The second-order valence-electron chi connectivity index (χ2n) is 2.68. The van der Waals surface area contributed by atoms with Crippen LogP contribution in [-0.4, -0.2) is 10.5 Å². The third-order valence-corrected chi connectivity index (χ3v) is 2.36. The molecule has 0 heterocycles. The second kappa shape index (κ2) is 4.26. The van der Waals surface area contributed by atoms with Gasteiger partial charge in [-0.2, -0.15) is 0 Å². The molecule has 0 saturated carbocycles. The van der Waals surface area contributed by atoms with Crippen LogP contribution in [-0.2, 0) is 0 Å². The molecule has 2 atom stereocenters. The van der Waals surface area contributed by atoms with Crippen molar-refractivity contribution in [2.45, 2.75) is 18.4 Å². The van der Waals surface area contributed by atoms with E-state index in [1.54, 1.807) is 6.92 Å². The average Bonchev–Trinajstić information content (AvgIpc) is 2.03. The van der Waals surface area contributed by atoms with Gasteiger partial charge in [-0.05, 0) is 24.6 Å². The first kappa shape index (κ1) is 10.0. The van der Waals surface area contributed by atoms with E-state index < -0.39 is 6.10 Å². The first-order valence-corrected chi connectivity index (χ1v) is 4.92. The molecule has 0 fully saturated rings. The van der Waals surface area contributed by atoms with Gasteiger partial charge in [0.1, 0.15) is 0 Å². The normalized spacial score (nSPS) is 15.7. The van der Waals surface area contributed by atoms with E-state index in [1.165, 1.54) is 0 Å². The highest BCUT2D eigenvalue weighted by atomic mass is 79.9. The van der Waals surface area contributed by atoms with Gasteiger partial charge in [-0.15, -0.1) is 11.6 Å². The van der Waals surface area contributed by atoms with Crippen molar-refractivity contribution < 1.29 is 5.11 Å². The Morgan fingerprint density at radius 2 is 2.17 bits per heavy atom. The fourth-order valence-corrected chi connectivity index (χ4v) is 1.52. The topological polar surface area (TPSA) is 20.2 Å². The number of hydrogen-bond donors (Lipinski definition) is 1. The van der Waals surface area contributed by atoms with Gasteiger partial charge in [-0.3, -0.25) is 0 Å². The third-order valence-electron chi connectivity index (χ3n) is 1.63. The number of halogens is 2. The molecule has 0 aliphatic heterocycles. The van der Waals surface area contributed by atoms with Crippen molar-refractivity contribution in [1.29, 1.82) is 0 Å². The summed E-state index contributed by atoms with van der Waals surface area (Å²) in [5.74, 6) is 0. The van der Waals surface area contributed by atoms with Crippen LogP contribution in [0.2, 0.25) is 0 Å². The summed E-state index contributed by atoms with van der Waals surface area (Å²) in [7, 11) is 0. The van der Waals surface area contributed by atoms with Crippen LogP contribution in [0.4, 0.5) is 0 Å². The van der Waals surface area contributed by atoms with Crippen molar-refractivity contribution in [1.82, 2.24) is 0 Å². The second-order valence-corrected chi connectivity index (χ2v) is 4.28. The molecule has 1 nitrogen and oxygen atoms in total. The maximum absolute atomic E-state index is 9.57. The molecular formula is C9H10BrClO. The minimum absolute atomic E-state index is 0.265. The fourth-order valence-electron chi connectivity index (χ4n) is 0.956. The number of aliphatic hydroxyl groups excluding tert-OH is 1. The first-order chi connectivity index (χ1) is 5.61. The summed E-state index contributed by atoms with van der Waals surface area (Å²) in [4.78, 5) is 0. The zero-order valence-corrected chi connectivity index (χ0v) is 9.01. The van der Waals surface area contributed by atoms with E-state index in [1.807, 2.05) is 24.3 Å². The zero-order chi connectivity index (χ0) is 9.14. The molecule has 0 aromatic heterocycles. The summed E-state index contributed by atoms with van der Waals surface area (Å²) in [5, 5.41) is 9.30. The Labute approximate surface area is 85.5 Å². The predicted molar refractivity (Wildman–Crippen MR) is 54.4 cm³/mol. The van der Waals surface area contributed by atoms with Crippen LogP contribution in [0.25, 0.3) is 0 Å². The van der Waals surface area contributed by atoms with Gasteiger partial charge < -0.3 is 5.11 Å². The number of aliphatic hydroxyl groups is 1. The number of hydrogen-bond acceptors (Lipinski definition) is 1. The maximum atomic E-state index is 9.57. The fraction of sp³-hybridized carbons (Fsp3) is 0.333. The van der Waals surface area contributed by atoms with E-state index in [0.717, 1.165) is 10.0 Å². The first-order valence-electron chi connectivity index (χ1n) is 3.69. The lowest BCUT2D eigenvalue weighted by atomic mass is 10.1. The quantitative estimate of drug-likeness (QED) is 0.799. The summed E-state index contributed by atoms with van der Waals surface area (Å²) in [6.45, 7) is 1.77. The molecule has 0 spiro atoms. The van der Waals surface area contributed by atoms with E-state index in [4.69, 9.17) is 11.6 Å². The van der Waals surface area contributed by atoms with Crippen molar-refractivity contribution in [3.8, 4) is 0 Å². The van der Waals surface area contributed by atoms with Crippen LogP contribution in [0.1, 0.15) is 18.6 Å². The monoisotopic (exact) mass is 248 g/mol. The van der Waals surface area contributed by atoms with Crippen molar-refractivity contribution in [2.75, 3.05) is 0 Å². The van der Waals surface area contributed by atoms with Gasteiger partial charge in [-0.25, -0.2) is 0 Å². The average molecular weight is 250 g/mol. The molecule has 2 unspecified atom stereocenters. The van der Waals surface area contributed by atoms with Crippen LogP contribution in [0.5, 0.6) is 0 Å². The van der Waals surface area contributed by atoms with Gasteiger partial charge in [-0.1, -0.05) is 28.1 Å². The van der Waals surface area contributed by atoms with Crippen LogP contribution in [0.15, 0.2) is 28.7 Å². The molecule has 0 amide bonds. The molecular weight excluding hydrogens is 239 g/mol. The van der Waals surface area contributed by atoms with E-state index in [9.17, 15) is 5.11 Å². The molecule has 66 valence electrons. The molecule has 1 aromatic rings. The predicted octanol–water partition coefficient (Wildman–Crippen LogP) is 3.11. The van der Waals surface area contributed by atoms with E-state index in [-0.39, 0.29) is 5.38 Å². The van der Waals surface area contributed by atoms with Crippen LogP contribution >= 0.6 is 27.5 Å². The summed E-state index contributed by atoms with van der Waals surface area (Å²) in [6, 6.07) is 7.51. The standard InChI is InChI=1S/C9H10BrClO/c1-6(11)9(12)7-3-2-4-8(10)5-7/h2-6,9,12H,1H3. The highest BCUT2D eigenvalue weighted by Gasteiger charge is 2.13.